The van der Waals surface area contributed by atoms with E-state index in [-0.39, 0.29) is 12.1 Å². The highest BCUT2D eigenvalue weighted by Gasteiger charge is 2.05. The molecule has 3 nitrogen and oxygen atoms in total. The van der Waals surface area contributed by atoms with Gasteiger partial charge in [-0.3, -0.25) is 4.79 Å². The number of aliphatic hydroxyl groups excluding tert-OH is 1. The van der Waals surface area contributed by atoms with Gasteiger partial charge in [0.05, 0.1) is 12.7 Å². The van der Waals surface area contributed by atoms with Crippen LogP contribution in [0.5, 0.6) is 0 Å². The lowest BCUT2D eigenvalue weighted by Crippen LogP contribution is -2.14. The Labute approximate surface area is 141 Å². The van der Waals surface area contributed by atoms with Crippen molar-refractivity contribution in [1.29, 1.82) is 0 Å². The number of hydrogen-bond acceptors (Lipinski definition) is 4. The van der Waals surface area contributed by atoms with Crippen LogP contribution in [0, 0.1) is 0 Å². The summed E-state index contributed by atoms with van der Waals surface area (Å²) in [6, 6.07) is 0. The fourth-order valence-corrected chi connectivity index (χ4v) is 3.35. The fraction of sp³-hybridized carbons (Fsp3) is 0.944. The first-order valence-corrected chi connectivity index (χ1v) is 10.2. The zero-order valence-electron chi connectivity index (χ0n) is 14.6. The lowest BCUT2D eigenvalue weighted by Gasteiger charge is -2.10. The maximum absolute atomic E-state index is 10.6. The Morgan fingerprint density at radius 3 is 2.09 bits per heavy atom. The maximum atomic E-state index is 10.6. The summed E-state index contributed by atoms with van der Waals surface area (Å²) in [5.74, 6) is 1.60. The molecule has 0 aromatic rings. The molecule has 0 saturated heterocycles. The number of carbonyl (C=O) groups is 1. The Bertz CT molecular complexity index is 246. The highest BCUT2D eigenvalue weighted by molar-refractivity contribution is 7.99. The first-order valence-electron chi connectivity index (χ1n) is 9.06. The molecule has 0 aromatic heterocycles. The van der Waals surface area contributed by atoms with E-state index in [1.54, 1.807) is 0 Å². The Kier molecular flexibility index (Phi) is 17.0. The second kappa shape index (κ2) is 17.1. The monoisotopic (exact) mass is 332 g/mol. The smallest absolute Gasteiger partial charge is 0.302 e. The van der Waals surface area contributed by atoms with Gasteiger partial charge in [-0.2, -0.15) is 11.8 Å². The number of aliphatic hydroxyl groups is 1. The molecule has 0 fully saturated rings. The van der Waals surface area contributed by atoms with Crippen LogP contribution in [-0.2, 0) is 9.53 Å². The fourth-order valence-electron chi connectivity index (χ4n) is 2.33. The minimum absolute atomic E-state index is 0.273. The number of hydrogen-bond donors (Lipinski definition) is 1. The van der Waals surface area contributed by atoms with Crippen LogP contribution >= 0.6 is 11.8 Å². The van der Waals surface area contributed by atoms with Gasteiger partial charge in [-0.25, -0.2) is 0 Å². The van der Waals surface area contributed by atoms with Gasteiger partial charge in [-0.1, -0.05) is 64.7 Å². The molecular formula is C18H36O3S. The average Bonchev–Trinajstić information content (AvgIpc) is 2.48. The second-order valence-corrected chi connectivity index (χ2v) is 7.19. The van der Waals surface area contributed by atoms with Gasteiger partial charge in [0.1, 0.15) is 0 Å². The van der Waals surface area contributed by atoms with Gasteiger partial charge in [-0.05, 0) is 12.2 Å². The number of carbonyl (C=O) groups excluding carboxylic acids is 1. The van der Waals surface area contributed by atoms with E-state index >= 15 is 0 Å². The van der Waals surface area contributed by atoms with Crippen LogP contribution in [0.2, 0.25) is 0 Å². The lowest BCUT2D eigenvalue weighted by atomic mass is 10.1. The van der Waals surface area contributed by atoms with Gasteiger partial charge in [0, 0.05) is 19.1 Å². The van der Waals surface area contributed by atoms with Gasteiger partial charge in [0.15, 0.2) is 0 Å². The summed E-state index contributed by atoms with van der Waals surface area (Å²) in [5.41, 5.74) is 0. The van der Waals surface area contributed by atoms with Crippen molar-refractivity contribution in [2.24, 2.45) is 0 Å². The van der Waals surface area contributed by atoms with E-state index in [2.05, 4.69) is 6.92 Å². The largest absolute Gasteiger partial charge is 0.466 e. The third-order valence-electron chi connectivity index (χ3n) is 3.71. The number of rotatable bonds is 16. The number of thioether (sulfide) groups is 1. The molecule has 1 atom stereocenters. The summed E-state index contributed by atoms with van der Waals surface area (Å²) < 4.78 is 4.82. The van der Waals surface area contributed by atoms with Gasteiger partial charge < -0.3 is 9.84 Å². The standard InChI is InChI=1S/C18H36O3S/c1-3-4-5-6-7-8-9-10-11-12-15-22-16-18(20)13-14-21-17(2)19/h18,20H,3-16H2,1-2H3. The number of unbranched alkanes of at least 4 members (excludes halogenated alkanes) is 9. The third-order valence-corrected chi connectivity index (χ3v) is 4.91. The number of esters is 1. The quantitative estimate of drug-likeness (QED) is 0.321. The molecule has 132 valence electrons. The maximum Gasteiger partial charge on any atom is 0.302 e. The second-order valence-electron chi connectivity index (χ2n) is 6.04. The van der Waals surface area contributed by atoms with Crippen LogP contribution in [0.4, 0.5) is 0 Å². The van der Waals surface area contributed by atoms with Crippen molar-refractivity contribution in [2.75, 3.05) is 18.1 Å². The molecule has 0 spiro atoms. The molecule has 1 unspecified atom stereocenters. The average molecular weight is 333 g/mol. The summed E-state index contributed by atoms with van der Waals surface area (Å²) in [7, 11) is 0. The minimum Gasteiger partial charge on any atom is -0.466 e. The lowest BCUT2D eigenvalue weighted by molar-refractivity contribution is -0.141. The van der Waals surface area contributed by atoms with E-state index < -0.39 is 0 Å². The van der Waals surface area contributed by atoms with Crippen LogP contribution < -0.4 is 0 Å². The molecule has 0 aromatic carbocycles. The molecule has 0 radical (unpaired) electrons. The molecule has 0 heterocycles. The Morgan fingerprint density at radius 2 is 1.55 bits per heavy atom. The van der Waals surface area contributed by atoms with Gasteiger partial charge in [0.2, 0.25) is 0 Å². The van der Waals surface area contributed by atoms with Gasteiger partial charge in [0.25, 0.3) is 0 Å². The highest BCUT2D eigenvalue weighted by atomic mass is 32.2. The van der Waals surface area contributed by atoms with Crippen molar-refractivity contribution >= 4 is 17.7 Å². The van der Waals surface area contributed by atoms with Crippen LogP contribution in [0.3, 0.4) is 0 Å². The molecule has 0 rings (SSSR count). The van der Waals surface area contributed by atoms with E-state index in [0.29, 0.717) is 13.0 Å². The molecule has 0 aliphatic heterocycles. The first kappa shape index (κ1) is 21.8. The normalized spacial score (nSPS) is 12.3. The van der Waals surface area contributed by atoms with Crippen molar-refractivity contribution < 1.29 is 14.6 Å². The van der Waals surface area contributed by atoms with Crippen molar-refractivity contribution in [1.82, 2.24) is 0 Å². The zero-order chi connectivity index (χ0) is 16.5. The van der Waals surface area contributed by atoms with Crippen LogP contribution in [0.15, 0.2) is 0 Å². The summed E-state index contributed by atoms with van der Waals surface area (Å²) in [5, 5.41) is 9.71. The molecule has 1 N–H and O–H groups in total. The predicted octanol–water partition coefficient (Wildman–Crippen LogP) is 4.95. The van der Waals surface area contributed by atoms with E-state index in [9.17, 15) is 9.90 Å². The van der Waals surface area contributed by atoms with E-state index in [1.165, 1.54) is 71.1 Å². The molecular weight excluding hydrogens is 296 g/mol. The van der Waals surface area contributed by atoms with Gasteiger partial charge >= 0.3 is 5.97 Å². The van der Waals surface area contributed by atoms with Crippen molar-refractivity contribution in [2.45, 2.75) is 90.6 Å². The molecule has 0 amide bonds. The van der Waals surface area contributed by atoms with Crippen LogP contribution in [0.25, 0.3) is 0 Å². The molecule has 4 heteroatoms. The van der Waals surface area contributed by atoms with Crippen molar-refractivity contribution in [3.63, 3.8) is 0 Å². The predicted molar refractivity (Wildman–Crippen MR) is 96.4 cm³/mol. The van der Waals surface area contributed by atoms with Crippen LogP contribution in [0.1, 0.15) is 84.5 Å². The summed E-state index contributed by atoms with van der Waals surface area (Å²) in [6.07, 6.45) is 13.8. The van der Waals surface area contributed by atoms with Crippen molar-refractivity contribution in [3.8, 4) is 0 Å². The summed E-state index contributed by atoms with van der Waals surface area (Å²) >= 11 is 1.81. The molecule has 0 aliphatic carbocycles. The molecule has 0 saturated carbocycles. The zero-order valence-corrected chi connectivity index (χ0v) is 15.5. The van der Waals surface area contributed by atoms with Gasteiger partial charge in [-0.15, -0.1) is 0 Å². The van der Waals surface area contributed by atoms with Crippen LogP contribution in [-0.4, -0.2) is 35.3 Å². The number of ether oxygens (including phenoxy) is 1. The Balaban J connectivity index is 3.11. The molecule has 0 bridgehead atoms. The van der Waals surface area contributed by atoms with E-state index in [1.807, 2.05) is 11.8 Å². The highest BCUT2D eigenvalue weighted by Crippen LogP contribution is 2.13. The summed E-state index contributed by atoms with van der Waals surface area (Å²) in [4.78, 5) is 10.6. The first-order chi connectivity index (χ1) is 10.7. The van der Waals surface area contributed by atoms with E-state index in [4.69, 9.17) is 4.74 Å². The Morgan fingerprint density at radius 1 is 1.00 bits per heavy atom. The summed E-state index contributed by atoms with van der Waals surface area (Å²) in [6.45, 7) is 3.98. The SMILES string of the molecule is CCCCCCCCCCCCSCC(O)CCOC(C)=O. The topological polar surface area (TPSA) is 46.5 Å². The minimum atomic E-state index is -0.354. The Hall–Kier alpha value is -0.220. The van der Waals surface area contributed by atoms with E-state index in [0.717, 1.165) is 11.5 Å². The third kappa shape index (κ3) is 17.8. The molecule has 0 aliphatic rings. The molecule has 22 heavy (non-hydrogen) atoms. The van der Waals surface area contributed by atoms with Crippen molar-refractivity contribution in [3.05, 3.63) is 0 Å².